The third-order valence-corrected chi connectivity index (χ3v) is 7.51. The van der Waals surface area contributed by atoms with Gasteiger partial charge in [-0.05, 0) is 68.3 Å². The van der Waals surface area contributed by atoms with Crippen LogP contribution in [0, 0.1) is 0 Å². The van der Waals surface area contributed by atoms with E-state index < -0.39 is 0 Å². The second kappa shape index (κ2) is 7.97. The molecule has 4 heterocycles. The van der Waals surface area contributed by atoms with Crippen molar-refractivity contribution in [2.24, 2.45) is 0 Å². The van der Waals surface area contributed by atoms with Crippen LogP contribution in [0.4, 0.5) is 0 Å². The topological polar surface area (TPSA) is 34.0 Å². The Morgan fingerprint density at radius 3 is 2.79 bits per heavy atom. The summed E-state index contributed by atoms with van der Waals surface area (Å²) in [6.45, 7) is 4.38. The Bertz CT molecular complexity index is 955. The third kappa shape index (κ3) is 3.51. The molecule has 1 saturated heterocycles. The van der Waals surface area contributed by atoms with Gasteiger partial charge in [-0.1, -0.05) is 29.8 Å². The number of hydrogen-bond acceptors (Lipinski definition) is 4. The Kier molecular flexibility index (Phi) is 5.22. The number of rotatable bonds is 4. The van der Waals surface area contributed by atoms with Gasteiger partial charge in [0.05, 0.1) is 0 Å². The number of piperidine rings is 1. The van der Waals surface area contributed by atoms with E-state index in [0.717, 1.165) is 62.7 Å². The van der Waals surface area contributed by atoms with Crippen LogP contribution in [0.3, 0.4) is 0 Å². The zero-order chi connectivity index (χ0) is 18.9. The summed E-state index contributed by atoms with van der Waals surface area (Å²) < 4.78 is 2.41. The lowest BCUT2D eigenvalue weighted by molar-refractivity contribution is 0.209. The first kappa shape index (κ1) is 18.3. The molecule has 2 aromatic heterocycles. The van der Waals surface area contributed by atoms with Crippen LogP contribution in [-0.2, 0) is 19.4 Å². The van der Waals surface area contributed by atoms with Crippen LogP contribution in [0.5, 0.6) is 0 Å². The molecular formula is C22H25ClN4S. The minimum Gasteiger partial charge on any atom is -0.311 e. The van der Waals surface area contributed by atoms with Gasteiger partial charge < -0.3 is 9.47 Å². The third-order valence-electron chi connectivity index (χ3n) is 6.16. The SMILES string of the molecule is Clc1ccccc1CCN1CCC(c2nnc3n2CCCc2sccc2-3)CC1. The highest BCUT2D eigenvalue weighted by atomic mass is 35.5. The van der Waals surface area contributed by atoms with Crippen LogP contribution >= 0.6 is 22.9 Å². The van der Waals surface area contributed by atoms with Crippen molar-refractivity contribution in [3.8, 4) is 11.4 Å². The van der Waals surface area contributed by atoms with E-state index in [2.05, 4.69) is 43.2 Å². The second-order valence-corrected chi connectivity index (χ2v) is 9.26. The van der Waals surface area contributed by atoms with E-state index in [1.54, 1.807) is 0 Å². The molecule has 2 aliphatic heterocycles. The monoisotopic (exact) mass is 412 g/mol. The van der Waals surface area contributed by atoms with Gasteiger partial charge in [0.2, 0.25) is 0 Å². The standard InChI is InChI=1S/C22H25ClN4S/c23-19-5-2-1-4-16(19)7-12-26-13-8-17(9-14-26)21-24-25-22-18-10-15-28-20(18)6-3-11-27(21)22/h1-2,4-5,10,15,17H,3,6-9,11-14H2. The Hall–Kier alpha value is -1.69. The number of aromatic nitrogens is 3. The average molecular weight is 413 g/mol. The van der Waals surface area contributed by atoms with E-state index in [1.807, 2.05) is 23.5 Å². The van der Waals surface area contributed by atoms with Gasteiger partial charge in [0, 0.05) is 34.5 Å². The van der Waals surface area contributed by atoms with Crippen molar-refractivity contribution in [1.82, 2.24) is 19.7 Å². The van der Waals surface area contributed by atoms with Gasteiger partial charge in [0.25, 0.3) is 0 Å². The second-order valence-electron chi connectivity index (χ2n) is 7.85. The molecule has 5 rings (SSSR count). The summed E-state index contributed by atoms with van der Waals surface area (Å²) in [5.41, 5.74) is 2.55. The van der Waals surface area contributed by atoms with Crippen LogP contribution in [0.1, 0.15) is 41.4 Å². The van der Waals surface area contributed by atoms with Crippen LogP contribution in [0.15, 0.2) is 35.7 Å². The average Bonchev–Trinajstić information content (AvgIpc) is 3.31. The van der Waals surface area contributed by atoms with Crippen molar-refractivity contribution in [2.45, 2.75) is 44.6 Å². The van der Waals surface area contributed by atoms with Crippen LogP contribution < -0.4 is 0 Å². The molecule has 0 unspecified atom stereocenters. The molecule has 0 aliphatic carbocycles. The molecule has 0 spiro atoms. The van der Waals surface area contributed by atoms with Crippen molar-refractivity contribution in [3.63, 3.8) is 0 Å². The van der Waals surface area contributed by atoms with Crippen molar-refractivity contribution < 1.29 is 0 Å². The minimum absolute atomic E-state index is 0.526. The van der Waals surface area contributed by atoms with Gasteiger partial charge in [0.15, 0.2) is 5.82 Å². The number of aryl methyl sites for hydroxylation is 1. The minimum atomic E-state index is 0.526. The van der Waals surface area contributed by atoms with E-state index in [1.165, 1.54) is 28.2 Å². The van der Waals surface area contributed by atoms with Gasteiger partial charge in [-0.2, -0.15) is 0 Å². The van der Waals surface area contributed by atoms with Gasteiger partial charge in [-0.25, -0.2) is 0 Å². The molecule has 0 N–H and O–H groups in total. The maximum absolute atomic E-state index is 6.31. The fraction of sp³-hybridized carbons (Fsp3) is 0.455. The van der Waals surface area contributed by atoms with Crippen LogP contribution in [-0.4, -0.2) is 39.3 Å². The van der Waals surface area contributed by atoms with Gasteiger partial charge in [-0.15, -0.1) is 21.5 Å². The molecule has 28 heavy (non-hydrogen) atoms. The van der Waals surface area contributed by atoms with Crippen LogP contribution in [0.2, 0.25) is 5.02 Å². The first-order valence-electron chi connectivity index (χ1n) is 10.2. The molecule has 0 amide bonds. The molecule has 3 aromatic rings. The number of benzene rings is 1. The molecule has 2 aliphatic rings. The number of likely N-dealkylation sites (tertiary alicyclic amines) is 1. The smallest absolute Gasteiger partial charge is 0.165 e. The summed E-state index contributed by atoms with van der Waals surface area (Å²) in [4.78, 5) is 4.03. The molecule has 1 aromatic carbocycles. The number of thiophene rings is 1. The van der Waals surface area contributed by atoms with Crippen LogP contribution in [0.25, 0.3) is 11.4 Å². The number of fused-ring (bicyclic) bond motifs is 3. The molecule has 0 atom stereocenters. The van der Waals surface area contributed by atoms with Crippen molar-refractivity contribution in [1.29, 1.82) is 0 Å². The zero-order valence-electron chi connectivity index (χ0n) is 16.0. The van der Waals surface area contributed by atoms with Crippen molar-refractivity contribution in [2.75, 3.05) is 19.6 Å². The summed E-state index contributed by atoms with van der Waals surface area (Å²) >= 11 is 8.16. The molecule has 0 saturated carbocycles. The Morgan fingerprint density at radius 1 is 1.07 bits per heavy atom. The fourth-order valence-corrected chi connectivity index (χ4v) is 5.71. The van der Waals surface area contributed by atoms with Crippen molar-refractivity contribution in [3.05, 3.63) is 57.0 Å². The molecule has 0 radical (unpaired) electrons. The number of hydrogen-bond donors (Lipinski definition) is 0. The Morgan fingerprint density at radius 2 is 1.93 bits per heavy atom. The lowest BCUT2D eigenvalue weighted by Crippen LogP contribution is -2.35. The maximum atomic E-state index is 6.31. The van der Waals surface area contributed by atoms with E-state index in [9.17, 15) is 0 Å². The predicted molar refractivity (Wildman–Crippen MR) is 115 cm³/mol. The highest BCUT2D eigenvalue weighted by molar-refractivity contribution is 7.10. The lowest BCUT2D eigenvalue weighted by Gasteiger charge is -2.31. The quantitative estimate of drug-likeness (QED) is 0.602. The molecule has 4 nitrogen and oxygen atoms in total. The van der Waals surface area contributed by atoms with Gasteiger partial charge >= 0.3 is 0 Å². The molecule has 146 valence electrons. The highest BCUT2D eigenvalue weighted by Crippen LogP contribution is 2.35. The van der Waals surface area contributed by atoms with Gasteiger partial charge in [0.1, 0.15) is 5.82 Å². The largest absolute Gasteiger partial charge is 0.311 e. The Balaban J connectivity index is 1.24. The number of halogens is 1. The predicted octanol–water partition coefficient (Wildman–Crippen LogP) is 5.03. The van der Waals surface area contributed by atoms with Crippen molar-refractivity contribution >= 4 is 22.9 Å². The first-order valence-corrected chi connectivity index (χ1v) is 11.5. The number of nitrogens with zero attached hydrogens (tertiary/aromatic N) is 4. The molecule has 6 heteroatoms. The molecule has 1 fully saturated rings. The maximum Gasteiger partial charge on any atom is 0.165 e. The normalized spacial score (nSPS) is 17.9. The summed E-state index contributed by atoms with van der Waals surface area (Å²) in [6, 6.07) is 10.4. The summed E-state index contributed by atoms with van der Waals surface area (Å²) in [5, 5.41) is 12.3. The zero-order valence-corrected chi connectivity index (χ0v) is 17.6. The highest BCUT2D eigenvalue weighted by Gasteiger charge is 2.28. The summed E-state index contributed by atoms with van der Waals surface area (Å²) in [5.74, 6) is 2.82. The van der Waals surface area contributed by atoms with Gasteiger partial charge in [-0.3, -0.25) is 0 Å². The Labute approximate surface area is 175 Å². The molecular weight excluding hydrogens is 388 g/mol. The summed E-state index contributed by atoms with van der Waals surface area (Å²) in [6.07, 6.45) is 5.69. The van der Waals surface area contributed by atoms with E-state index in [4.69, 9.17) is 11.6 Å². The summed E-state index contributed by atoms with van der Waals surface area (Å²) in [7, 11) is 0. The fourth-order valence-electron chi connectivity index (χ4n) is 4.56. The molecule has 0 bridgehead atoms. The van der Waals surface area contributed by atoms with E-state index >= 15 is 0 Å². The van der Waals surface area contributed by atoms with E-state index in [-0.39, 0.29) is 0 Å². The lowest BCUT2D eigenvalue weighted by atomic mass is 9.95. The first-order chi connectivity index (χ1) is 13.8. The van der Waals surface area contributed by atoms with E-state index in [0.29, 0.717) is 5.92 Å².